The second kappa shape index (κ2) is 3.65. The maximum Gasteiger partial charge on any atom is 0.159 e. The van der Waals surface area contributed by atoms with Crippen molar-refractivity contribution in [2.75, 3.05) is 0 Å². The number of ketones is 1. The average molecular weight is 166 g/mol. The molecule has 2 heteroatoms. The Bertz CT molecular complexity index is 238. The number of hydrogen-bond donors (Lipinski definition) is 0. The Kier molecular flexibility index (Phi) is 2.79. The molecule has 0 radical (unpaired) electrons. The van der Waals surface area contributed by atoms with Crippen molar-refractivity contribution < 1.29 is 9.59 Å². The fourth-order valence-corrected chi connectivity index (χ4v) is 1.56. The van der Waals surface area contributed by atoms with E-state index in [4.69, 9.17) is 0 Å². The molecule has 0 aromatic heterocycles. The molecule has 1 fully saturated rings. The summed E-state index contributed by atoms with van der Waals surface area (Å²) in [7, 11) is 0. The molecule has 0 aromatic rings. The molecule has 1 rings (SSSR count). The summed E-state index contributed by atoms with van der Waals surface area (Å²) < 4.78 is 0. The lowest BCUT2D eigenvalue weighted by molar-refractivity contribution is -0.117. The molecule has 12 heavy (non-hydrogen) atoms. The molecule has 66 valence electrons. The van der Waals surface area contributed by atoms with Crippen molar-refractivity contribution >= 4 is 12.1 Å². The van der Waals surface area contributed by atoms with Crippen LogP contribution in [0.15, 0.2) is 11.1 Å². The molecule has 0 bridgehead atoms. The predicted molar refractivity (Wildman–Crippen MR) is 46.8 cm³/mol. The summed E-state index contributed by atoms with van der Waals surface area (Å²) in [4.78, 5) is 21.8. The van der Waals surface area contributed by atoms with Crippen LogP contribution in [-0.4, -0.2) is 12.1 Å². The van der Waals surface area contributed by atoms with Gasteiger partial charge in [0.1, 0.15) is 6.29 Å². The molecule has 1 unspecified atom stereocenters. The number of rotatable bonds is 1. The van der Waals surface area contributed by atoms with Crippen molar-refractivity contribution in [3.05, 3.63) is 11.1 Å². The summed E-state index contributed by atoms with van der Waals surface area (Å²) in [5.74, 6) is 0.652. The van der Waals surface area contributed by atoms with Crippen molar-refractivity contribution in [3.8, 4) is 0 Å². The van der Waals surface area contributed by atoms with E-state index >= 15 is 0 Å². The van der Waals surface area contributed by atoms with Crippen LogP contribution in [0.25, 0.3) is 0 Å². The molecule has 1 aliphatic carbocycles. The van der Waals surface area contributed by atoms with Crippen LogP contribution in [0.3, 0.4) is 0 Å². The Morgan fingerprint density at radius 1 is 1.58 bits per heavy atom. The highest BCUT2D eigenvalue weighted by Crippen LogP contribution is 2.26. The first kappa shape index (κ1) is 9.17. The fourth-order valence-electron chi connectivity index (χ4n) is 1.56. The minimum absolute atomic E-state index is 0.165. The van der Waals surface area contributed by atoms with Crippen molar-refractivity contribution in [2.45, 2.75) is 33.1 Å². The molecule has 0 N–H and O–H groups in total. The molecule has 0 saturated heterocycles. The Morgan fingerprint density at radius 2 is 2.25 bits per heavy atom. The van der Waals surface area contributed by atoms with Crippen LogP contribution < -0.4 is 0 Å². The first-order chi connectivity index (χ1) is 5.65. The highest BCUT2D eigenvalue weighted by molar-refractivity contribution is 6.00. The van der Waals surface area contributed by atoms with Gasteiger partial charge in [-0.25, -0.2) is 0 Å². The standard InChI is InChI=1S/C10H14O2/c1-7-3-4-9(8(2)6-11)10(12)5-7/h6-7H,3-5H2,1-2H3/b9-8-. The third-order valence-corrected chi connectivity index (χ3v) is 2.41. The summed E-state index contributed by atoms with van der Waals surface area (Å²) >= 11 is 0. The Hall–Kier alpha value is -0.920. The minimum atomic E-state index is 0.165. The monoisotopic (exact) mass is 166 g/mol. The van der Waals surface area contributed by atoms with Gasteiger partial charge in [0.25, 0.3) is 0 Å². The van der Waals surface area contributed by atoms with E-state index in [1.807, 2.05) is 0 Å². The van der Waals surface area contributed by atoms with Crippen LogP contribution in [0.2, 0.25) is 0 Å². The highest BCUT2D eigenvalue weighted by atomic mass is 16.1. The van der Waals surface area contributed by atoms with E-state index in [9.17, 15) is 9.59 Å². The first-order valence-electron chi connectivity index (χ1n) is 4.33. The van der Waals surface area contributed by atoms with Crippen LogP contribution in [-0.2, 0) is 9.59 Å². The molecule has 2 nitrogen and oxygen atoms in total. The van der Waals surface area contributed by atoms with Gasteiger partial charge in [-0.1, -0.05) is 6.92 Å². The minimum Gasteiger partial charge on any atom is -0.298 e. The number of hydrogen-bond acceptors (Lipinski definition) is 2. The molecule has 0 aliphatic heterocycles. The van der Waals surface area contributed by atoms with E-state index in [0.717, 1.165) is 24.7 Å². The van der Waals surface area contributed by atoms with E-state index in [-0.39, 0.29) is 5.78 Å². The lowest BCUT2D eigenvalue weighted by Gasteiger charge is -2.19. The molecule has 1 aliphatic rings. The van der Waals surface area contributed by atoms with Gasteiger partial charge in [0, 0.05) is 12.0 Å². The van der Waals surface area contributed by atoms with Gasteiger partial charge < -0.3 is 0 Å². The number of Topliss-reactive ketones (excluding diaryl/α,β-unsaturated/α-hetero) is 1. The number of carbonyl (C=O) groups is 2. The molecular formula is C10H14O2. The van der Waals surface area contributed by atoms with Gasteiger partial charge >= 0.3 is 0 Å². The van der Waals surface area contributed by atoms with Crippen LogP contribution in [0.4, 0.5) is 0 Å². The smallest absolute Gasteiger partial charge is 0.159 e. The Balaban J connectivity index is 2.81. The average Bonchev–Trinajstić information content (AvgIpc) is 2.03. The zero-order valence-electron chi connectivity index (χ0n) is 7.59. The van der Waals surface area contributed by atoms with E-state index in [0.29, 0.717) is 17.9 Å². The quantitative estimate of drug-likeness (QED) is 0.440. The Labute approximate surface area is 72.7 Å². The molecule has 0 spiro atoms. The normalized spacial score (nSPS) is 28.5. The van der Waals surface area contributed by atoms with Gasteiger partial charge in [-0.2, -0.15) is 0 Å². The topological polar surface area (TPSA) is 34.1 Å². The highest BCUT2D eigenvalue weighted by Gasteiger charge is 2.21. The van der Waals surface area contributed by atoms with Gasteiger partial charge in [-0.05, 0) is 31.3 Å². The van der Waals surface area contributed by atoms with E-state index in [2.05, 4.69) is 6.92 Å². The summed E-state index contributed by atoms with van der Waals surface area (Å²) in [6.45, 7) is 3.79. The van der Waals surface area contributed by atoms with Gasteiger partial charge in [0.05, 0.1) is 0 Å². The predicted octanol–water partition coefficient (Wildman–Crippen LogP) is 1.89. The molecule has 1 saturated carbocycles. The molecule has 0 heterocycles. The van der Waals surface area contributed by atoms with Crippen LogP contribution >= 0.6 is 0 Å². The zero-order valence-corrected chi connectivity index (χ0v) is 7.59. The van der Waals surface area contributed by atoms with Gasteiger partial charge in [0.15, 0.2) is 5.78 Å². The number of carbonyl (C=O) groups excluding carboxylic acids is 2. The fraction of sp³-hybridized carbons (Fsp3) is 0.600. The van der Waals surface area contributed by atoms with E-state index in [1.54, 1.807) is 6.92 Å². The lowest BCUT2D eigenvalue weighted by atomic mass is 9.84. The molecule has 1 atom stereocenters. The molecule has 0 aromatic carbocycles. The van der Waals surface area contributed by atoms with Crippen LogP contribution in [0.1, 0.15) is 33.1 Å². The van der Waals surface area contributed by atoms with Gasteiger partial charge in [-0.3, -0.25) is 9.59 Å². The second-order valence-electron chi connectivity index (χ2n) is 3.55. The van der Waals surface area contributed by atoms with Gasteiger partial charge in [0.2, 0.25) is 0 Å². The third kappa shape index (κ3) is 1.81. The molecule has 0 amide bonds. The van der Waals surface area contributed by atoms with Crippen LogP contribution in [0.5, 0.6) is 0 Å². The largest absolute Gasteiger partial charge is 0.298 e. The van der Waals surface area contributed by atoms with Crippen molar-refractivity contribution in [1.29, 1.82) is 0 Å². The summed E-state index contributed by atoms with van der Waals surface area (Å²) in [6, 6.07) is 0. The van der Waals surface area contributed by atoms with Gasteiger partial charge in [-0.15, -0.1) is 0 Å². The number of aldehydes is 1. The summed E-state index contributed by atoms with van der Waals surface area (Å²) in [6.07, 6.45) is 3.21. The summed E-state index contributed by atoms with van der Waals surface area (Å²) in [5, 5.41) is 0. The number of allylic oxidation sites excluding steroid dienone is 2. The summed E-state index contributed by atoms with van der Waals surface area (Å²) in [5.41, 5.74) is 1.37. The third-order valence-electron chi connectivity index (χ3n) is 2.41. The zero-order chi connectivity index (χ0) is 9.14. The van der Waals surface area contributed by atoms with Crippen molar-refractivity contribution in [1.82, 2.24) is 0 Å². The van der Waals surface area contributed by atoms with E-state index < -0.39 is 0 Å². The lowest BCUT2D eigenvalue weighted by Crippen LogP contribution is -2.16. The maximum absolute atomic E-state index is 11.4. The molecular weight excluding hydrogens is 152 g/mol. The maximum atomic E-state index is 11.4. The second-order valence-corrected chi connectivity index (χ2v) is 3.55. The van der Waals surface area contributed by atoms with Crippen molar-refractivity contribution in [3.63, 3.8) is 0 Å². The van der Waals surface area contributed by atoms with Crippen molar-refractivity contribution in [2.24, 2.45) is 5.92 Å². The van der Waals surface area contributed by atoms with E-state index in [1.165, 1.54) is 0 Å². The Morgan fingerprint density at radius 3 is 2.75 bits per heavy atom. The SMILES string of the molecule is C/C(C=O)=C1\CCC(C)CC1=O. The first-order valence-corrected chi connectivity index (χ1v) is 4.33. The van der Waals surface area contributed by atoms with Crippen LogP contribution in [0, 0.1) is 5.92 Å².